The van der Waals surface area contributed by atoms with Crippen LogP contribution >= 0.6 is 0 Å². The highest BCUT2D eigenvalue weighted by Gasteiger charge is 2.59. The largest absolute Gasteiger partial charge is 0.607 e. The summed E-state index contributed by atoms with van der Waals surface area (Å²) in [5, 5.41) is 19.1. The molecule has 0 bridgehead atoms. The van der Waals surface area contributed by atoms with E-state index in [0.717, 1.165) is 4.90 Å². The summed E-state index contributed by atoms with van der Waals surface area (Å²) in [6, 6.07) is 8.13. The van der Waals surface area contributed by atoms with Crippen molar-refractivity contribution in [1.29, 1.82) is 0 Å². The van der Waals surface area contributed by atoms with Crippen LogP contribution < -0.4 is 0 Å². The van der Waals surface area contributed by atoms with Gasteiger partial charge in [-0.15, -0.1) is 0 Å². The zero-order valence-corrected chi connectivity index (χ0v) is 12.6. The Morgan fingerprint density at radius 3 is 2.59 bits per heavy atom. The number of hydrogen-bond donors (Lipinski definition) is 2. The Morgan fingerprint density at radius 1 is 1.41 bits per heavy atom. The molecule has 0 radical (unpaired) electrons. The summed E-state index contributed by atoms with van der Waals surface area (Å²) in [6.45, 7) is 1.51. The number of hydrogen-bond acceptors (Lipinski definition) is 4. The first-order valence-corrected chi connectivity index (χ1v) is 8.03. The van der Waals surface area contributed by atoms with Crippen LogP contribution in [0.4, 0.5) is 0 Å². The van der Waals surface area contributed by atoms with Crippen LogP contribution in [0.2, 0.25) is 0 Å². The zero-order chi connectivity index (χ0) is 16.0. The van der Waals surface area contributed by atoms with Gasteiger partial charge in [0, 0.05) is 17.6 Å². The second kappa shape index (κ2) is 5.42. The molecule has 2 aliphatic rings. The van der Waals surface area contributed by atoms with Crippen molar-refractivity contribution in [2.75, 3.05) is 0 Å². The van der Waals surface area contributed by atoms with Gasteiger partial charge in [0.05, 0.1) is 18.1 Å². The minimum Gasteiger partial charge on any atom is -0.607 e. The van der Waals surface area contributed by atoms with Gasteiger partial charge in [-0.05, 0) is 19.1 Å². The van der Waals surface area contributed by atoms with Crippen LogP contribution in [-0.2, 0) is 20.8 Å². The van der Waals surface area contributed by atoms with Crippen molar-refractivity contribution in [3.8, 4) is 0 Å². The van der Waals surface area contributed by atoms with Crippen LogP contribution in [0.15, 0.2) is 45.8 Å². The number of benzene rings is 1. The number of aliphatic carboxylic acids is 1. The van der Waals surface area contributed by atoms with E-state index in [0.29, 0.717) is 4.90 Å². The molecule has 6 nitrogen and oxygen atoms in total. The van der Waals surface area contributed by atoms with Crippen molar-refractivity contribution in [2.24, 2.45) is 5.92 Å². The smallest absolute Gasteiger partial charge is 0.357 e. The van der Waals surface area contributed by atoms with Gasteiger partial charge in [-0.25, -0.2) is 4.79 Å². The normalized spacial score (nSPS) is 26.5. The summed E-state index contributed by atoms with van der Waals surface area (Å²) in [6.07, 6.45) is -0.641. The summed E-state index contributed by atoms with van der Waals surface area (Å²) in [4.78, 5) is 25.5. The Bertz CT molecular complexity index is 657. The number of carboxylic acid groups (broad SMARTS) is 1. The molecule has 1 fully saturated rings. The number of nitrogens with zero attached hydrogens (tertiary/aromatic N) is 1. The first-order chi connectivity index (χ1) is 10.4. The number of carbonyl (C=O) groups excluding carboxylic acids is 1. The molecule has 4 unspecified atom stereocenters. The van der Waals surface area contributed by atoms with Crippen LogP contribution in [0, 0.1) is 5.92 Å². The number of carboxylic acids is 1. The third-order valence-electron chi connectivity index (χ3n) is 4.07. The van der Waals surface area contributed by atoms with Crippen molar-refractivity contribution >= 4 is 23.1 Å². The van der Waals surface area contributed by atoms with E-state index in [1.807, 2.05) is 0 Å². The van der Waals surface area contributed by atoms with Crippen molar-refractivity contribution in [3.63, 3.8) is 0 Å². The van der Waals surface area contributed by atoms with Gasteiger partial charge < -0.3 is 14.8 Å². The van der Waals surface area contributed by atoms with Crippen LogP contribution in [0.25, 0.3) is 0 Å². The average molecular weight is 321 g/mol. The molecule has 0 aromatic heterocycles. The molecule has 1 saturated heterocycles. The highest BCUT2D eigenvalue weighted by molar-refractivity contribution is 7.95. The Hall–Kier alpha value is -1.83. The Kier molecular flexibility index (Phi) is 3.72. The lowest BCUT2D eigenvalue weighted by molar-refractivity contribution is -0.161. The predicted molar refractivity (Wildman–Crippen MR) is 77.9 cm³/mol. The number of amides is 1. The van der Waals surface area contributed by atoms with Gasteiger partial charge in [0.25, 0.3) is 0 Å². The predicted octanol–water partition coefficient (Wildman–Crippen LogP) is 0.702. The molecule has 116 valence electrons. The minimum absolute atomic E-state index is 0.200. The maximum absolute atomic E-state index is 12.7. The number of aliphatic hydroxyl groups is 1. The van der Waals surface area contributed by atoms with Gasteiger partial charge in [0.1, 0.15) is 0 Å². The number of β-lactam (4-membered cyclic amide) rings is 1. The monoisotopic (exact) mass is 321 g/mol. The fourth-order valence-corrected chi connectivity index (χ4v) is 4.45. The number of aliphatic hydroxyl groups excluding tert-OH is 1. The summed E-state index contributed by atoms with van der Waals surface area (Å²) in [5.74, 6) is -2.31. The molecule has 3 rings (SSSR count). The van der Waals surface area contributed by atoms with E-state index in [1.165, 1.54) is 6.92 Å². The maximum atomic E-state index is 12.7. The average Bonchev–Trinajstić information content (AvgIpc) is 2.82. The second-order valence-corrected chi connectivity index (χ2v) is 6.91. The van der Waals surface area contributed by atoms with Gasteiger partial charge in [-0.3, -0.25) is 9.69 Å². The van der Waals surface area contributed by atoms with Crippen LogP contribution in [0.3, 0.4) is 0 Å². The van der Waals surface area contributed by atoms with Crippen molar-refractivity contribution in [2.45, 2.75) is 30.4 Å². The van der Waals surface area contributed by atoms with Crippen molar-refractivity contribution in [1.82, 2.24) is 4.90 Å². The van der Waals surface area contributed by atoms with E-state index < -0.39 is 41.1 Å². The number of rotatable bonds is 4. The summed E-state index contributed by atoms with van der Waals surface area (Å²) < 4.78 is 12.7. The molecule has 4 atom stereocenters. The summed E-state index contributed by atoms with van der Waals surface area (Å²) in [7, 11) is 0. The summed E-state index contributed by atoms with van der Waals surface area (Å²) >= 11 is -1.63. The van der Waals surface area contributed by atoms with E-state index in [-0.39, 0.29) is 17.0 Å². The quantitative estimate of drug-likeness (QED) is 0.628. The molecule has 2 heterocycles. The second-order valence-electron chi connectivity index (χ2n) is 5.40. The Balaban J connectivity index is 1.97. The molecule has 22 heavy (non-hydrogen) atoms. The molecule has 7 heteroatoms. The third kappa shape index (κ3) is 2.13. The molecule has 0 saturated carbocycles. The molecular weight excluding hydrogens is 306 g/mol. The van der Waals surface area contributed by atoms with Crippen LogP contribution in [0.1, 0.15) is 13.3 Å². The van der Waals surface area contributed by atoms with Crippen molar-refractivity contribution in [3.05, 3.63) is 40.9 Å². The standard InChI is InChI=1S/C15H15NO5S/c1-8(17)12-10-7-11(13(15(19)20)16(10)14(12)18)22(21)9-5-3-2-4-6-9/h2-6,8,10,12,17H,7H2,1H3,(H,19,20). The first kappa shape index (κ1) is 15.1. The molecule has 1 amide bonds. The van der Waals surface area contributed by atoms with Gasteiger partial charge in [-0.1, -0.05) is 18.2 Å². The lowest BCUT2D eigenvalue weighted by Crippen LogP contribution is -2.61. The molecule has 0 spiro atoms. The van der Waals surface area contributed by atoms with E-state index in [9.17, 15) is 24.4 Å². The van der Waals surface area contributed by atoms with E-state index >= 15 is 0 Å². The van der Waals surface area contributed by atoms with E-state index in [2.05, 4.69) is 0 Å². The molecule has 1 aromatic rings. The van der Waals surface area contributed by atoms with Gasteiger partial charge in [-0.2, -0.15) is 0 Å². The Morgan fingerprint density at radius 2 is 2.05 bits per heavy atom. The lowest BCUT2D eigenvalue weighted by Gasteiger charge is -2.44. The van der Waals surface area contributed by atoms with Crippen molar-refractivity contribution < 1.29 is 24.4 Å². The van der Waals surface area contributed by atoms with E-state index in [1.54, 1.807) is 30.3 Å². The fourth-order valence-electron chi connectivity index (χ4n) is 3.08. The Labute approximate surface area is 130 Å². The third-order valence-corrected chi connectivity index (χ3v) is 5.58. The fraction of sp³-hybridized carbons (Fsp3) is 0.333. The zero-order valence-electron chi connectivity index (χ0n) is 11.8. The SMILES string of the molecule is CC(O)C1C(=O)N2C(C(=O)O)=C([S+]([O-])c3ccccc3)CC12. The van der Waals surface area contributed by atoms with E-state index in [4.69, 9.17) is 0 Å². The molecule has 0 aliphatic carbocycles. The van der Waals surface area contributed by atoms with Crippen LogP contribution in [0.5, 0.6) is 0 Å². The maximum Gasteiger partial charge on any atom is 0.357 e. The molecule has 2 N–H and O–H groups in total. The highest BCUT2D eigenvalue weighted by Crippen LogP contribution is 2.46. The lowest BCUT2D eigenvalue weighted by atomic mass is 9.83. The number of fused-ring (bicyclic) bond motifs is 1. The highest BCUT2D eigenvalue weighted by atomic mass is 32.2. The molecule has 1 aromatic carbocycles. The number of carbonyl (C=O) groups is 2. The molecule has 2 aliphatic heterocycles. The van der Waals surface area contributed by atoms with Crippen LogP contribution in [-0.4, -0.2) is 43.7 Å². The molecular formula is C15H15NO5S. The first-order valence-electron chi connectivity index (χ1n) is 6.88. The minimum atomic E-state index is -1.63. The van der Waals surface area contributed by atoms with Gasteiger partial charge in [0.2, 0.25) is 5.91 Å². The summed E-state index contributed by atoms with van der Waals surface area (Å²) in [5.41, 5.74) is -0.200. The topological polar surface area (TPSA) is 101 Å². The van der Waals surface area contributed by atoms with Gasteiger partial charge in [0.15, 0.2) is 15.5 Å². The van der Waals surface area contributed by atoms with Gasteiger partial charge >= 0.3 is 5.97 Å².